The Kier molecular flexibility index (Phi) is 3.41. The zero-order valence-corrected chi connectivity index (χ0v) is 12.4. The number of benzene rings is 1. The normalized spacial score (nSPS) is 10.6. The number of hydrogen-bond acceptors (Lipinski definition) is 3. The van der Waals surface area contributed by atoms with Crippen LogP contribution < -0.4 is 0 Å². The minimum atomic E-state index is 0.920. The standard InChI is InChI=1S/C19H14N4/c1-2-9-21-19(6-1)17-13-22-23(14-17)18-5-3-4-16(12-18)15-7-10-20-11-8-15/h1-14H. The van der Waals surface area contributed by atoms with E-state index in [1.807, 2.05) is 59.5 Å². The maximum absolute atomic E-state index is 4.46. The van der Waals surface area contributed by atoms with E-state index in [4.69, 9.17) is 0 Å². The average Bonchev–Trinajstić information content (AvgIpc) is 3.14. The third kappa shape index (κ3) is 2.74. The average molecular weight is 298 g/mol. The van der Waals surface area contributed by atoms with Crippen LogP contribution in [0.1, 0.15) is 0 Å². The lowest BCUT2D eigenvalue weighted by Crippen LogP contribution is -1.94. The van der Waals surface area contributed by atoms with Crippen LogP contribution in [-0.4, -0.2) is 19.7 Å². The van der Waals surface area contributed by atoms with Gasteiger partial charge in [0, 0.05) is 30.4 Å². The van der Waals surface area contributed by atoms with Gasteiger partial charge in [0.05, 0.1) is 17.6 Å². The monoisotopic (exact) mass is 298 g/mol. The van der Waals surface area contributed by atoms with Crippen LogP contribution >= 0.6 is 0 Å². The molecule has 0 aliphatic heterocycles. The molecular formula is C19H14N4. The van der Waals surface area contributed by atoms with E-state index in [1.165, 1.54) is 0 Å². The molecule has 4 nitrogen and oxygen atoms in total. The molecule has 110 valence electrons. The summed E-state index contributed by atoms with van der Waals surface area (Å²) < 4.78 is 1.87. The third-order valence-electron chi connectivity index (χ3n) is 3.67. The molecule has 0 aliphatic carbocycles. The van der Waals surface area contributed by atoms with Gasteiger partial charge in [0.25, 0.3) is 0 Å². The second-order valence-corrected chi connectivity index (χ2v) is 5.17. The first kappa shape index (κ1) is 13.4. The molecule has 0 fully saturated rings. The maximum Gasteiger partial charge on any atom is 0.0733 e. The zero-order chi connectivity index (χ0) is 15.5. The molecule has 4 aromatic rings. The fourth-order valence-corrected chi connectivity index (χ4v) is 2.50. The van der Waals surface area contributed by atoms with Gasteiger partial charge in [-0.25, -0.2) is 4.68 Å². The molecular weight excluding hydrogens is 284 g/mol. The summed E-state index contributed by atoms with van der Waals surface area (Å²) >= 11 is 0. The predicted octanol–water partition coefficient (Wildman–Crippen LogP) is 4.00. The Hall–Kier alpha value is -3.27. The van der Waals surface area contributed by atoms with Gasteiger partial charge in [0.1, 0.15) is 0 Å². The molecule has 0 atom stereocenters. The number of aromatic nitrogens is 4. The van der Waals surface area contributed by atoms with Crippen molar-refractivity contribution in [3.63, 3.8) is 0 Å². The van der Waals surface area contributed by atoms with Crippen molar-refractivity contribution >= 4 is 0 Å². The molecule has 0 saturated carbocycles. The van der Waals surface area contributed by atoms with Crippen molar-refractivity contribution in [3.8, 4) is 28.1 Å². The molecule has 0 N–H and O–H groups in total. The van der Waals surface area contributed by atoms with E-state index in [9.17, 15) is 0 Å². The lowest BCUT2D eigenvalue weighted by Gasteiger charge is -2.05. The van der Waals surface area contributed by atoms with E-state index in [-0.39, 0.29) is 0 Å². The topological polar surface area (TPSA) is 43.6 Å². The quantitative estimate of drug-likeness (QED) is 0.574. The Bertz CT molecular complexity index is 914. The maximum atomic E-state index is 4.46. The highest BCUT2D eigenvalue weighted by Gasteiger charge is 2.05. The van der Waals surface area contributed by atoms with Crippen LogP contribution in [0.4, 0.5) is 0 Å². The lowest BCUT2D eigenvalue weighted by atomic mass is 10.1. The molecule has 1 aromatic carbocycles. The highest BCUT2D eigenvalue weighted by molar-refractivity contribution is 5.65. The van der Waals surface area contributed by atoms with Crippen molar-refractivity contribution in [2.75, 3.05) is 0 Å². The van der Waals surface area contributed by atoms with E-state index in [0.29, 0.717) is 0 Å². The van der Waals surface area contributed by atoms with E-state index in [2.05, 4.69) is 27.2 Å². The Morgan fingerprint density at radius 2 is 1.65 bits per heavy atom. The highest BCUT2D eigenvalue weighted by Crippen LogP contribution is 2.22. The van der Waals surface area contributed by atoms with Gasteiger partial charge in [-0.1, -0.05) is 18.2 Å². The Morgan fingerprint density at radius 3 is 2.48 bits per heavy atom. The van der Waals surface area contributed by atoms with Crippen molar-refractivity contribution in [2.45, 2.75) is 0 Å². The predicted molar refractivity (Wildman–Crippen MR) is 90.0 cm³/mol. The van der Waals surface area contributed by atoms with Crippen molar-refractivity contribution in [1.29, 1.82) is 0 Å². The first-order valence-corrected chi connectivity index (χ1v) is 7.37. The van der Waals surface area contributed by atoms with Crippen LogP contribution in [0, 0.1) is 0 Å². The summed E-state index contributed by atoms with van der Waals surface area (Å²) in [6, 6.07) is 18.1. The fraction of sp³-hybridized carbons (Fsp3) is 0. The van der Waals surface area contributed by atoms with Gasteiger partial charge < -0.3 is 0 Å². The molecule has 0 bridgehead atoms. The third-order valence-corrected chi connectivity index (χ3v) is 3.67. The molecule has 0 unspecified atom stereocenters. The Balaban J connectivity index is 1.71. The van der Waals surface area contributed by atoms with Crippen LogP contribution in [0.2, 0.25) is 0 Å². The van der Waals surface area contributed by atoms with Gasteiger partial charge in [-0.15, -0.1) is 0 Å². The molecule has 0 radical (unpaired) electrons. The molecule has 3 heterocycles. The number of hydrogen-bond donors (Lipinski definition) is 0. The SMILES string of the molecule is c1ccc(-c2cnn(-c3cccc(-c4ccncc4)c3)c2)nc1. The van der Waals surface area contributed by atoms with Gasteiger partial charge in [0.15, 0.2) is 0 Å². The van der Waals surface area contributed by atoms with Gasteiger partial charge in [0.2, 0.25) is 0 Å². The van der Waals surface area contributed by atoms with Crippen LogP contribution in [0.5, 0.6) is 0 Å². The number of nitrogens with zero attached hydrogens (tertiary/aromatic N) is 4. The first-order valence-electron chi connectivity index (χ1n) is 7.37. The van der Waals surface area contributed by atoms with Gasteiger partial charge in [-0.2, -0.15) is 5.10 Å². The van der Waals surface area contributed by atoms with Crippen molar-refractivity contribution in [3.05, 3.63) is 85.6 Å². The number of rotatable bonds is 3. The van der Waals surface area contributed by atoms with Crippen molar-refractivity contribution in [1.82, 2.24) is 19.7 Å². The summed E-state index contributed by atoms with van der Waals surface area (Å²) in [5.74, 6) is 0. The highest BCUT2D eigenvalue weighted by atomic mass is 15.3. The molecule has 0 saturated heterocycles. The van der Waals surface area contributed by atoms with E-state index < -0.39 is 0 Å². The zero-order valence-electron chi connectivity index (χ0n) is 12.4. The largest absolute Gasteiger partial charge is 0.265 e. The minimum absolute atomic E-state index is 0.920. The summed E-state index contributed by atoms with van der Waals surface area (Å²) in [6.45, 7) is 0. The second-order valence-electron chi connectivity index (χ2n) is 5.17. The molecule has 4 heteroatoms. The summed E-state index contributed by atoms with van der Waals surface area (Å²) in [4.78, 5) is 8.42. The Morgan fingerprint density at radius 1 is 0.739 bits per heavy atom. The van der Waals surface area contributed by atoms with E-state index in [1.54, 1.807) is 18.6 Å². The van der Waals surface area contributed by atoms with Crippen LogP contribution in [-0.2, 0) is 0 Å². The molecule has 0 aliphatic rings. The van der Waals surface area contributed by atoms with Gasteiger partial charge in [-0.3, -0.25) is 9.97 Å². The van der Waals surface area contributed by atoms with E-state index >= 15 is 0 Å². The lowest BCUT2D eigenvalue weighted by molar-refractivity contribution is 0.881. The van der Waals surface area contributed by atoms with Crippen molar-refractivity contribution in [2.24, 2.45) is 0 Å². The molecule has 0 spiro atoms. The summed E-state index contributed by atoms with van der Waals surface area (Å²) in [7, 11) is 0. The summed E-state index contributed by atoms with van der Waals surface area (Å²) in [5.41, 5.74) is 5.21. The van der Waals surface area contributed by atoms with Crippen LogP contribution in [0.25, 0.3) is 28.1 Å². The molecule has 23 heavy (non-hydrogen) atoms. The molecule has 4 rings (SSSR count). The minimum Gasteiger partial charge on any atom is -0.265 e. The van der Waals surface area contributed by atoms with Gasteiger partial charge >= 0.3 is 0 Å². The number of pyridine rings is 2. The smallest absolute Gasteiger partial charge is 0.0733 e. The first-order chi connectivity index (χ1) is 11.4. The van der Waals surface area contributed by atoms with Crippen LogP contribution in [0.15, 0.2) is 85.6 Å². The Labute approximate surface area is 134 Å². The summed E-state index contributed by atoms with van der Waals surface area (Å²) in [6.07, 6.45) is 9.22. The van der Waals surface area contributed by atoms with E-state index in [0.717, 1.165) is 28.1 Å². The van der Waals surface area contributed by atoms with Gasteiger partial charge in [-0.05, 0) is 47.5 Å². The summed E-state index contributed by atoms with van der Waals surface area (Å²) in [5, 5.41) is 4.46. The molecule has 0 amide bonds. The fourth-order valence-electron chi connectivity index (χ4n) is 2.50. The molecule has 3 aromatic heterocycles. The van der Waals surface area contributed by atoms with Crippen molar-refractivity contribution < 1.29 is 0 Å². The second kappa shape index (κ2) is 5.85. The van der Waals surface area contributed by atoms with Crippen LogP contribution in [0.3, 0.4) is 0 Å².